The third-order valence-corrected chi connectivity index (χ3v) is 4.83. The average molecular weight is 378 g/mol. The van der Waals surface area contributed by atoms with Crippen LogP contribution < -0.4 is 9.47 Å². The summed E-state index contributed by atoms with van der Waals surface area (Å²) < 4.78 is 12.7. The van der Waals surface area contributed by atoms with Crippen molar-refractivity contribution in [3.8, 4) is 11.6 Å². The molecule has 0 radical (unpaired) electrons. The first-order valence-corrected chi connectivity index (χ1v) is 9.14. The molecule has 0 saturated heterocycles. The molecule has 1 aromatic carbocycles. The Morgan fingerprint density at radius 2 is 2.07 bits per heavy atom. The summed E-state index contributed by atoms with van der Waals surface area (Å²) in [6.07, 6.45) is 6.11. The molecule has 0 fully saturated rings. The van der Waals surface area contributed by atoms with Gasteiger partial charge in [0.05, 0.1) is 18.9 Å². The second kappa shape index (κ2) is 7.72. The topological polar surface area (TPSA) is 69.5 Å². The SMILES string of the molecule is COc1ccc(C(=O)N2CCc3ccc(OCc4cnn(C)c4)cc3C2)cn1. The van der Waals surface area contributed by atoms with Gasteiger partial charge in [0, 0.05) is 44.2 Å². The molecule has 0 atom stereocenters. The Morgan fingerprint density at radius 3 is 2.79 bits per heavy atom. The molecule has 0 saturated carbocycles. The van der Waals surface area contributed by atoms with Crippen molar-refractivity contribution in [3.05, 3.63) is 71.2 Å². The lowest BCUT2D eigenvalue weighted by atomic mass is 9.99. The van der Waals surface area contributed by atoms with Crippen LogP contribution in [0, 0.1) is 0 Å². The number of aromatic nitrogens is 3. The van der Waals surface area contributed by atoms with Crippen LogP contribution in [0.1, 0.15) is 27.0 Å². The van der Waals surface area contributed by atoms with Crippen molar-refractivity contribution in [1.82, 2.24) is 19.7 Å². The largest absolute Gasteiger partial charge is 0.489 e. The van der Waals surface area contributed by atoms with Gasteiger partial charge in [0.15, 0.2) is 0 Å². The van der Waals surface area contributed by atoms with Gasteiger partial charge in [-0.05, 0) is 35.7 Å². The van der Waals surface area contributed by atoms with E-state index in [1.165, 1.54) is 5.56 Å². The van der Waals surface area contributed by atoms with Crippen LogP contribution in [0.2, 0.25) is 0 Å². The van der Waals surface area contributed by atoms with Crippen LogP contribution >= 0.6 is 0 Å². The first kappa shape index (κ1) is 18.0. The normalized spacial score (nSPS) is 13.1. The van der Waals surface area contributed by atoms with Gasteiger partial charge in [0.2, 0.25) is 5.88 Å². The highest BCUT2D eigenvalue weighted by molar-refractivity contribution is 5.94. The first-order chi connectivity index (χ1) is 13.6. The van der Waals surface area contributed by atoms with Crippen LogP contribution in [-0.2, 0) is 26.6 Å². The van der Waals surface area contributed by atoms with Crippen molar-refractivity contribution < 1.29 is 14.3 Å². The number of fused-ring (bicyclic) bond motifs is 1. The Hall–Kier alpha value is -3.35. The highest BCUT2D eigenvalue weighted by Gasteiger charge is 2.22. The van der Waals surface area contributed by atoms with Crippen LogP contribution in [0.15, 0.2) is 48.9 Å². The van der Waals surface area contributed by atoms with Crippen LogP contribution in [0.3, 0.4) is 0 Å². The van der Waals surface area contributed by atoms with Crippen molar-refractivity contribution in [2.45, 2.75) is 19.6 Å². The van der Waals surface area contributed by atoms with Gasteiger partial charge in [-0.2, -0.15) is 5.10 Å². The Morgan fingerprint density at radius 1 is 1.18 bits per heavy atom. The quantitative estimate of drug-likeness (QED) is 0.683. The second-order valence-electron chi connectivity index (χ2n) is 6.81. The average Bonchev–Trinajstić information content (AvgIpc) is 3.16. The highest BCUT2D eigenvalue weighted by atomic mass is 16.5. The first-order valence-electron chi connectivity index (χ1n) is 9.14. The molecule has 7 nitrogen and oxygen atoms in total. The summed E-state index contributed by atoms with van der Waals surface area (Å²) in [4.78, 5) is 18.8. The number of ether oxygens (including phenoxy) is 2. The van der Waals surface area contributed by atoms with Gasteiger partial charge in [-0.25, -0.2) is 4.98 Å². The van der Waals surface area contributed by atoms with E-state index < -0.39 is 0 Å². The third-order valence-electron chi connectivity index (χ3n) is 4.83. The highest BCUT2D eigenvalue weighted by Crippen LogP contribution is 2.25. The number of hydrogen-bond acceptors (Lipinski definition) is 5. The lowest BCUT2D eigenvalue weighted by molar-refractivity contribution is 0.0734. The van der Waals surface area contributed by atoms with Crippen LogP contribution in [-0.4, -0.2) is 39.2 Å². The van der Waals surface area contributed by atoms with Gasteiger partial charge >= 0.3 is 0 Å². The standard InChI is InChI=1S/C21H22N4O3/c1-24-12-15(10-23-24)14-28-19-5-3-16-7-8-25(13-18(16)9-19)21(26)17-4-6-20(27-2)22-11-17/h3-6,9-12H,7-8,13-14H2,1-2H3. The van der Waals surface area contributed by atoms with E-state index in [1.807, 2.05) is 30.3 Å². The monoisotopic (exact) mass is 378 g/mol. The van der Waals surface area contributed by atoms with E-state index in [-0.39, 0.29) is 5.91 Å². The molecule has 144 valence electrons. The number of carbonyl (C=O) groups excluding carboxylic acids is 1. The minimum atomic E-state index is -0.0255. The zero-order valence-electron chi connectivity index (χ0n) is 16.0. The van der Waals surface area contributed by atoms with Crippen molar-refractivity contribution >= 4 is 5.91 Å². The molecule has 3 aromatic rings. The summed E-state index contributed by atoms with van der Waals surface area (Å²) in [5, 5.41) is 4.15. The van der Waals surface area contributed by atoms with E-state index in [4.69, 9.17) is 9.47 Å². The molecule has 0 spiro atoms. The molecule has 2 aromatic heterocycles. The number of aryl methyl sites for hydroxylation is 1. The van der Waals surface area contributed by atoms with E-state index in [2.05, 4.69) is 16.1 Å². The molecular weight excluding hydrogens is 356 g/mol. The number of carbonyl (C=O) groups is 1. The minimum absolute atomic E-state index is 0.0255. The van der Waals surface area contributed by atoms with Gasteiger partial charge in [0.1, 0.15) is 12.4 Å². The summed E-state index contributed by atoms with van der Waals surface area (Å²) in [7, 11) is 3.44. The van der Waals surface area contributed by atoms with E-state index in [0.29, 0.717) is 31.1 Å². The van der Waals surface area contributed by atoms with Gasteiger partial charge in [-0.15, -0.1) is 0 Å². The summed E-state index contributed by atoms with van der Waals surface area (Å²) in [6.45, 7) is 1.71. The molecular formula is C21H22N4O3. The van der Waals surface area contributed by atoms with E-state index in [0.717, 1.165) is 23.3 Å². The number of nitrogens with zero attached hydrogens (tertiary/aromatic N) is 4. The fourth-order valence-electron chi connectivity index (χ4n) is 3.32. The molecule has 0 aliphatic carbocycles. The van der Waals surface area contributed by atoms with Gasteiger partial charge in [0.25, 0.3) is 5.91 Å². The van der Waals surface area contributed by atoms with E-state index in [1.54, 1.807) is 36.3 Å². The number of hydrogen-bond donors (Lipinski definition) is 0. The smallest absolute Gasteiger partial charge is 0.255 e. The summed E-state index contributed by atoms with van der Waals surface area (Å²) in [5.41, 5.74) is 3.95. The molecule has 7 heteroatoms. The fraction of sp³-hybridized carbons (Fsp3) is 0.286. The lowest BCUT2D eigenvalue weighted by Gasteiger charge is -2.29. The van der Waals surface area contributed by atoms with Gasteiger partial charge in [-0.1, -0.05) is 6.07 Å². The minimum Gasteiger partial charge on any atom is -0.489 e. The molecule has 0 unspecified atom stereocenters. The number of amides is 1. The molecule has 0 N–H and O–H groups in total. The lowest BCUT2D eigenvalue weighted by Crippen LogP contribution is -2.36. The predicted molar refractivity (Wildman–Crippen MR) is 103 cm³/mol. The Labute approximate surface area is 163 Å². The summed E-state index contributed by atoms with van der Waals surface area (Å²) in [5.74, 6) is 1.27. The van der Waals surface area contributed by atoms with Crippen molar-refractivity contribution in [2.75, 3.05) is 13.7 Å². The van der Waals surface area contributed by atoms with Crippen molar-refractivity contribution in [1.29, 1.82) is 0 Å². The molecule has 0 bridgehead atoms. The summed E-state index contributed by atoms with van der Waals surface area (Å²) >= 11 is 0. The zero-order valence-corrected chi connectivity index (χ0v) is 16.0. The van der Waals surface area contributed by atoms with Crippen LogP contribution in [0.25, 0.3) is 0 Å². The number of pyridine rings is 1. The van der Waals surface area contributed by atoms with Gasteiger partial charge < -0.3 is 14.4 Å². The molecule has 3 heterocycles. The number of methoxy groups -OCH3 is 1. The molecule has 28 heavy (non-hydrogen) atoms. The second-order valence-corrected chi connectivity index (χ2v) is 6.81. The summed E-state index contributed by atoms with van der Waals surface area (Å²) in [6, 6.07) is 9.55. The van der Waals surface area contributed by atoms with Crippen LogP contribution in [0.4, 0.5) is 0 Å². The number of rotatable bonds is 5. The molecule has 1 aliphatic heterocycles. The van der Waals surface area contributed by atoms with Crippen molar-refractivity contribution in [3.63, 3.8) is 0 Å². The maximum atomic E-state index is 12.8. The van der Waals surface area contributed by atoms with E-state index >= 15 is 0 Å². The van der Waals surface area contributed by atoms with E-state index in [9.17, 15) is 4.79 Å². The molecule has 4 rings (SSSR count). The Bertz CT molecular complexity index is 982. The third kappa shape index (κ3) is 3.83. The number of benzene rings is 1. The van der Waals surface area contributed by atoms with Crippen LogP contribution in [0.5, 0.6) is 11.6 Å². The Balaban J connectivity index is 1.45. The predicted octanol–water partition coefficient (Wildman–Crippen LogP) is 2.60. The maximum absolute atomic E-state index is 12.8. The Kier molecular flexibility index (Phi) is 4.97. The zero-order chi connectivity index (χ0) is 19.5. The van der Waals surface area contributed by atoms with Crippen molar-refractivity contribution in [2.24, 2.45) is 7.05 Å². The molecule has 1 amide bonds. The molecule has 1 aliphatic rings. The fourth-order valence-corrected chi connectivity index (χ4v) is 3.32. The maximum Gasteiger partial charge on any atom is 0.255 e. The van der Waals surface area contributed by atoms with Gasteiger partial charge in [-0.3, -0.25) is 9.48 Å².